The number of hydrogen-bond donors (Lipinski definition) is 0. The summed E-state index contributed by atoms with van der Waals surface area (Å²) in [4.78, 5) is 52.2. The molecule has 38 heavy (non-hydrogen) atoms. The topological polar surface area (TPSA) is 92.7 Å². The van der Waals surface area contributed by atoms with Crippen LogP contribution in [-0.4, -0.2) is 70.3 Å². The van der Waals surface area contributed by atoms with Crippen LogP contribution in [0, 0.1) is 5.82 Å². The summed E-state index contributed by atoms with van der Waals surface area (Å²) >= 11 is 0. The van der Waals surface area contributed by atoms with Gasteiger partial charge in [0, 0.05) is 31.2 Å². The zero-order valence-corrected chi connectivity index (χ0v) is 22.0. The molecule has 0 saturated carbocycles. The van der Waals surface area contributed by atoms with E-state index in [2.05, 4.69) is 9.97 Å². The van der Waals surface area contributed by atoms with Gasteiger partial charge in [-0.05, 0) is 30.5 Å². The Morgan fingerprint density at radius 3 is 2.32 bits per heavy atom. The van der Waals surface area contributed by atoms with E-state index in [-0.39, 0.29) is 54.5 Å². The predicted octanol–water partition coefficient (Wildman–Crippen LogP) is 4.11. The predicted molar refractivity (Wildman–Crippen MR) is 140 cm³/mol. The van der Waals surface area contributed by atoms with E-state index in [1.807, 2.05) is 51.1 Å². The van der Waals surface area contributed by atoms with Crippen molar-refractivity contribution in [3.8, 4) is 11.4 Å². The van der Waals surface area contributed by atoms with Gasteiger partial charge in [0.25, 0.3) is 5.91 Å². The number of amides is 2. The van der Waals surface area contributed by atoms with Crippen LogP contribution in [0.15, 0.2) is 54.6 Å². The number of esters is 1. The third kappa shape index (κ3) is 5.72. The minimum atomic E-state index is -0.669. The lowest BCUT2D eigenvalue weighted by molar-refractivity contribution is -0.134. The van der Waals surface area contributed by atoms with E-state index >= 15 is 0 Å². The van der Waals surface area contributed by atoms with Gasteiger partial charge >= 0.3 is 5.97 Å². The molecule has 1 atom stereocenters. The summed E-state index contributed by atoms with van der Waals surface area (Å²) in [5, 5.41) is 0. The van der Waals surface area contributed by atoms with Crippen molar-refractivity contribution in [2.75, 3.05) is 26.7 Å². The molecule has 0 radical (unpaired) electrons. The standard InChI is InChI=1S/C29H31FN4O4/c1-18(2)25-24(29(37)38-4)26(32-27(31-25)21-8-6-5-7-9-21)28(36)33-14-15-34(19(3)17-33)23(35)16-20-10-12-22(30)13-11-20/h5-13,18-19H,14-17H2,1-4H3. The molecule has 0 bridgehead atoms. The first kappa shape index (κ1) is 26.9. The van der Waals surface area contributed by atoms with Gasteiger partial charge in [0.1, 0.15) is 17.1 Å². The Morgan fingerprint density at radius 1 is 1.03 bits per heavy atom. The van der Waals surface area contributed by atoms with Gasteiger partial charge in [-0.25, -0.2) is 19.2 Å². The quantitative estimate of drug-likeness (QED) is 0.456. The van der Waals surface area contributed by atoms with Crippen LogP contribution in [-0.2, 0) is 16.0 Å². The number of rotatable bonds is 6. The molecule has 0 spiro atoms. The van der Waals surface area contributed by atoms with Crippen molar-refractivity contribution >= 4 is 17.8 Å². The zero-order chi connectivity index (χ0) is 27.4. The number of hydrogen-bond acceptors (Lipinski definition) is 6. The maximum atomic E-state index is 13.8. The molecule has 4 rings (SSSR count). The van der Waals surface area contributed by atoms with Crippen LogP contribution in [0.1, 0.15) is 58.8 Å². The zero-order valence-electron chi connectivity index (χ0n) is 22.0. The van der Waals surface area contributed by atoms with Crippen molar-refractivity contribution in [3.63, 3.8) is 0 Å². The van der Waals surface area contributed by atoms with Crippen molar-refractivity contribution in [1.82, 2.24) is 19.8 Å². The highest BCUT2D eigenvalue weighted by molar-refractivity contribution is 6.05. The fourth-order valence-electron chi connectivity index (χ4n) is 4.61. The van der Waals surface area contributed by atoms with Gasteiger partial charge in [-0.3, -0.25) is 9.59 Å². The number of carbonyl (C=O) groups excluding carboxylic acids is 3. The number of halogens is 1. The molecule has 0 aliphatic carbocycles. The molecule has 9 heteroatoms. The lowest BCUT2D eigenvalue weighted by Crippen LogP contribution is -2.56. The summed E-state index contributed by atoms with van der Waals surface area (Å²) in [6, 6.07) is 14.9. The maximum absolute atomic E-state index is 13.8. The molecule has 1 fully saturated rings. The highest BCUT2D eigenvalue weighted by Crippen LogP contribution is 2.27. The highest BCUT2D eigenvalue weighted by Gasteiger charge is 2.34. The van der Waals surface area contributed by atoms with E-state index in [1.165, 1.54) is 19.2 Å². The monoisotopic (exact) mass is 518 g/mol. The first-order valence-corrected chi connectivity index (χ1v) is 12.6. The summed E-state index contributed by atoms with van der Waals surface area (Å²) in [6.45, 7) is 6.54. The second-order valence-electron chi connectivity index (χ2n) is 9.66. The molecule has 1 aromatic heterocycles. The van der Waals surface area contributed by atoms with Gasteiger partial charge in [-0.15, -0.1) is 0 Å². The molecule has 198 valence electrons. The van der Waals surface area contributed by atoms with Crippen LogP contribution in [0.5, 0.6) is 0 Å². The molecule has 2 aromatic carbocycles. The van der Waals surface area contributed by atoms with Crippen LogP contribution in [0.3, 0.4) is 0 Å². The minimum Gasteiger partial charge on any atom is -0.465 e. The van der Waals surface area contributed by atoms with E-state index < -0.39 is 11.9 Å². The maximum Gasteiger partial charge on any atom is 0.342 e. The molecule has 1 unspecified atom stereocenters. The molecule has 2 amide bonds. The van der Waals surface area contributed by atoms with Gasteiger partial charge in [-0.2, -0.15) is 0 Å². The van der Waals surface area contributed by atoms with Crippen LogP contribution in [0.2, 0.25) is 0 Å². The van der Waals surface area contributed by atoms with E-state index in [4.69, 9.17) is 4.74 Å². The number of ether oxygens (including phenoxy) is 1. The summed E-state index contributed by atoms with van der Waals surface area (Å²) in [5.41, 5.74) is 1.95. The largest absolute Gasteiger partial charge is 0.465 e. The van der Waals surface area contributed by atoms with E-state index in [0.29, 0.717) is 18.1 Å². The van der Waals surface area contributed by atoms with Crippen LogP contribution < -0.4 is 0 Å². The molecule has 1 aliphatic heterocycles. The molecule has 1 saturated heterocycles. The number of piperazine rings is 1. The number of nitrogens with zero attached hydrogens (tertiary/aromatic N) is 4. The number of carbonyl (C=O) groups is 3. The van der Waals surface area contributed by atoms with Gasteiger partial charge in [-0.1, -0.05) is 56.3 Å². The Balaban J connectivity index is 1.61. The molecular formula is C29H31FN4O4. The lowest BCUT2D eigenvalue weighted by atomic mass is 10.00. The third-order valence-corrected chi connectivity index (χ3v) is 6.61. The van der Waals surface area contributed by atoms with Crippen LogP contribution >= 0.6 is 0 Å². The van der Waals surface area contributed by atoms with Gasteiger partial charge < -0.3 is 14.5 Å². The molecule has 8 nitrogen and oxygen atoms in total. The molecular weight excluding hydrogens is 487 g/mol. The fraction of sp³-hybridized carbons (Fsp3) is 0.345. The normalized spacial score (nSPS) is 15.5. The van der Waals surface area contributed by atoms with Crippen molar-refractivity contribution in [1.29, 1.82) is 0 Å². The summed E-state index contributed by atoms with van der Waals surface area (Å²) in [7, 11) is 1.26. The Bertz CT molecular complexity index is 1330. The number of benzene rings is 2. The van der Waals surface area contributed by atoms with Crippen LogP contribution in [0.4, 0.5) is 4.39 Å². The number of aromatic nitrogens is 2. The Hall–Kier alpha value is -4.14. The molecule has 0 N–H and O–H groups in total. The average Bonchev–Trinajstić information content (AvgIpc) is 2.93. The Kier molecular flexibility index (Phi) is 8.14. The first-order chi connectivity index (χ1) is 18.2. The Morgan fingerprint density at radius 2 is 1.71 bits per heavy atom. The first-order valence-electron chi connectivity index (χ1n) is 12.6. The van der Waals surface area contributed by atoms with Crippen LogP contribution in [0.25, 0.3) is 11.4 Å². The second kappa shape index (κ2) is 11.5. The van der Waals surface area contributed by atoms with Crippen molar-refractivity contribution < 1.29 is 23.5 Å². The minimum absolute atomic E-state index is 0.00677. The molecule has 1 aliphatic rings. The molecule has 2 heterocycles. The SMILES string of the molecule is COC(=O)c1c(C(=O)N2CCN(C(=O)Cc3ccc(F)cc3)C(C)C2)nc(-c2ccccc2)nc1C(C)C. The van der Waals surface area contributed by atoms with Gasteiger partial charge in [0.05, 0.1) is 19.2 Å². The smallest absolute Gasteiger partial charge is 0.342 e. The Labute approximate surface area is 221 Å². The van der Waals surface area contributed by atoms with E-state index in [1.54, 1.807) is 21.9 Å². The number of methoxy groups -OCH3 is 1. The second-order valence-corrected chi connectivity index (χ2v) is 9.66. The lowest BCUT2D eigenvalue weighted by Gasteiger charge is -2.40. The van der Waals surface area contributed by atoms with Crippen molar-refractivity contribution in [2.45, 2.75) is 39.2 Å². The average molecular weight is 519 g/mol. The summed E-state index contributed by atoms with van der Waals surface area (Å²) in [6.07, 6.45) is 0.148. The van der Waals surface area contributed by atoms with Crippen molar-refractivity contribution in [2.24, 2.45) is 0 Å². The fourth-order valence-corrected chi connectivity index (χ4v) is 4.61. The summed E-state index contributed by atoms with van der Waals surface area (Å²) < 4.78 is 18.2. The van der Waals surface area contributed by atoms with Crippen molar-refractivity contribution in [3.05, 3.63) is 82.9 Å². The van der Waals surface area contributed by atoms with E-state index in [0.717, 1.165) is 11.1 Å². The van der Waals surface area contributed by atoms with Gasteiger partial charge in [0.2, 0.25) is 5.91 Å². The molecule has 3 aromatic rings. The van der Waals surface area contributed by atoms with E-state index in [9.17, 15) is 18.8 Å². The summed E-state index contributed by atoms with van der Waals surface area (Å²) in [5.74, 6) is -1.34. The third-order valence-electron chi connectivity index (χ3n) is 6.61. The highest BCUT2D eigenvalue weighted by atomic mass is 19.1. The van der Waals surface area contributed by atoms with Gasteiger partial charge in [0.15, 0.2) is 5.82 Å².